The van der Waals surface area contributed by atoms with Gasteiger partial charge in [-0.25, -0.2) is 0 Å². The second-order valence-corrected chi connectivity index (χ2v) is 10.5. The first-order valence-corrected chi connectivity index (χ1v) is 8.47. The molecule has 1 aliphatic rings. The van der Waals surface area contributed by atoms with Crippen molar-refractivity contribution in [3.8, 4) is 0 Å². The summed E-state index contributed by atoms with van der Waals surface area (Å²) >= 11 is 0. The molecule has 3 nitrogen and oxygen atoms in total. The van der Waals surface area contributed by atoms with Gasteiger partial charge >= 0.3 is 5.97 Å². The first-order chi connectivity index (χ1) is 6.72. The van der Waals surface area contributed by atoms with Crippen LogP contribution >= 0.6 is 0 Å². The van der Waals surface area contributed by atoms with Gasteiger partial charge in [-0.15, -0.1) is 0 Å². The SMILES string of the molecule is CC(C)(C)[Si](C)(C)OC1CCOC(=O)C1. The summed E-state index contributed by atoms with van der Waals surface area (Å²) in [6, 6.07) is 0. The quantitative estimate of drug-likeness (QED) is 0.540. The number of cyclic esters (lactones) is 1. The molecule has 1 atom stereocenters. The lowest BCUT2D eigenvalue weighted by atomic mass is 10.2. The Balaban J connectivity index is 2.57. The molecule has 0 spiro atoms. The highest BCUT2D eigenvalue weighted by atomic mass is 28.4. The van der Waals surface area contributed by atoms with Crippen LogP contribution in [0.1, 0.15) is 33.6 Å². The van der Waals surface area contributed by atoms with Crippen LogP contribution in [0.3, 0.4) is 0 Å². The van der Waals surface area contributed by atoms with Gasteiger partial charge in [0.1, 0.15) is 0 Å². The van der Waals surface area contributed by atoms with E-state index in [-0.39, 0.29) is 17.1 Å². The Morgan fingerprint density at radius 2 is 2.00 bits per heavy atom. The van der Waals surface area contributed by atoms with Crippen LogP contribution < -0.4 is 0 Å². The van der Waals surface area contributed by atoms with E-state index >= 15 is 0 Å². The Morgan fingerprint density at radius 1 is 1.40 bits per heavy atom. The lowest BCUT2D eigenvalue weighted by Gasteiger charge is -2.39. The van der Waals surface area contributed by atoms with Crippen LogP contribution in [0.25, 0.3) is 0 Å². The summed E-state index contributed by atoms with van der Waals surface area (Å²) in [6.45, 7) is 11.6. The number of carbonyl (C=O) groups is 1. The fourth-order valence-electron chi connectivity index (χ4n) is 1.35. The van der Waals surface area contributed by atoms with E-state index in [0.717, 1.165) is 6.42 Å². The summed E-state index contributed by atoms with van der Waals surface area (Å²) in [5.41, 5.74) is 0. The van der Waals surface area contributed by atoms with Crippen LogP contribution in [0.4, 0.5) is 0 Å². The Morgan fingerprint density at radius 3 is 2.47 bits per heavy atom. The third-order valence-corrected chi connectivity index (χ3v) is 7.90. The molecule has 15 heavy (non-hydrogen) atoms. The van der Waals surface area contributed by atoms with Crippen LogP contribution in [-0.2, 0) is 14.0 Å². The molecular weight excluding hydrogens is 208 g/mol. The van der Waals surface area contributed by atoms with E-state index in [1.54, 1.807) is 0 Å². The van der Waals surface area contributed by atoms with Gasteiger partial charge in [0.2, 0.25) is 0 Å². The second kappa shape index (κ2) is 4.26. The number of carbonyl (C=O) groups excluding carboxylic acids is 1. The average Bonchev–Trinajstić information content (AvgIpc) is 2.00. The molecule has 0 saturated carbocycles. The van der Waals surface area contributed by atoms with Gasteiger partial charge < -0.3 is 9.16 Å². The van der Waals surface area contributed by atoms with Crippen molar-refractivity contribution >= 4 is 14.3 Å². The molecule has 0 aromatic rings. The van der Waals surface area contributed by atoms with E-state index in [2.05, 4.69) is 33.9 Å². The van der Waals surface area contributed by atoms with Gasteiger partial charge in [-0.3, -0.25) is 4.79 Å². The number of rotatable bonds is 2. The van der Waals surface area contributed by atoms with Crippen molar-refractivity contribution in [2.24, 2.45) is 0 Å². The Bertz CT molecular complexity index is 243. The van der Waals surface area contributed by atoms with Crippen molar-refractivity contribution in [2.45, 2.75) is 57.8 Å². The molecule has 1 rings (SSSR count). The first-order valence-electron chi connectivity index (χ1n) is 5.56. The van der Waals surface area contributed by atoms with Gasteiger partial charge in [0.05, 0.1) is 19.1 Å². The standard InChI is InChI=1S/C11H22O3Si/c1-11(2,3)15(4,5)14-9-6-7-13-10(12)8-9/h9H,6-8H2,1-5H3. The van der Waals surface area contributed by atoms with E-state index in [4.69, 9.17) is 9.16 Å². The van der Waals surface area contributed by atoms with Crippen LogP contribution in [0.2, 0.25) is 18.1 Å². The smallest absolute Gasteiger partial charge is 0.308 e. The Hall–Kier alpha value is -0.353. The van der Waals surface area contributed by atoms with E-state index < -0.39 is 8.32 Å². The zero-order valence-electron chi connectivity index (χ0n) is 10.4. The lowest BCUT2D eigenvalue weighted by Crippen LogP contribution is -2.45. The van der Waals surface area contributed by atoms with Gasteiger partial charge in [0.25, 0.3) is 0 Å². The van der Waals surface area contributed by atoms with E-state index in [1.165, 1.54) is 0 Å². The molecule has 0 N–H and O–H groups in total. The maximum atomic E-state index is 11.1. The molecular formula is C11H22O3Si. The van der Waals surface area contributed by atoms with Crippen LogP contribution in [-0.4, -0.2) is 27.0 Å². The van der Waals surface area contributed by atoms with Crippen LogP contribution in [0.5, 0.6) is 0 Å². The van der Waals surface area contributed by atoms with Crippen molar-refractivity contribution in [2.75, 3.05) is 6.61 Å². The van der Waals surface area contributed by atoms with Crippen molar-refractivity contribution < 1.29 is 14.0 Å². The zero-order chi connectivity index (χ0) is 11.7. The summed E-state index contributed by atoms with van der Waals surface area (Å²) in [7, 11) is -1.73. The predicted molar refractivity (Wildman–Crippen MR) is 62.3 cm³/mol. The Labute approximate surface area is 93.3 Å². The summed E-state index contributed by atoms with van der Waals surface area (Å²) in [5, 5.41) is 0.203. The van der Waals surface area contributed by atoms with Gasteiger partial charge in [-0.1, -0.05) is 20.8 Å². The molecule has 4 heteroatoms. The summed E-state index contributed by atoms with van der Waals surface area (Å²) in [5.74, 6) is -0.120. The van der Waals surface area contributed by atoms with Crippen LogP contribution in [0.15, 0.2) is 0 Å². The van der Waals surface area contributed by atoms with Crippen molar-refractivity contribution in [1.82, 2.24) is 0 Å². The molecule has 88 valence electrons. The van der Waals surface area contributed by atoms with Crippen molar-refractivity contribution in [3.63, 3.8) is 0 Å². The summed E-state index contributed by atoms with van der Waals surface area (Å²) < 4.78 is 11.1. The lowest BCUT2D eigenvalue weighted by molar-refractivity contribution is -0.151. The minimum atomic E-state index is -1.73. The molecule has 1 unspecified atom stereocenters. The Kier molecular flexibility index (Phi) is 3.61. The molecule has 0 radical (unpaired) electrons. The van der Waals surface area contributed by atoms with E-state index in [9.17, 15) is 4.79 Å². The topological polar surface area (TPSA) is 35.5 Å². The molecule has 0 aromatic heterocycles. The normalized spacial score (nSPS) is 23.8. The number of esters is 1. The van der Waals surface area contributed by atoms with Crippen molar-refractivity contribution in [3.05, 3.63) is 0 Å². The van der Waals surface area contributed by atoms with Gasteiger partial charge in [0.15, 0.2) is 8.32 Å². The van der Waals surface area contributed by atoms with Gasteiger partial charge in [0, 0.05) is 6.42 Å². The molecule has 0 amide bonds. The van der Waals surface area contributed by atoms with E-state index in [0.29, 0.717) is 13.0 Å². The minimum absolute atomic E-state index is 0.0761. The highest BCUT2D eigenvalue weighted by molar-refractivity contribution is 6.74. The fraction of sp³-hybridized carbons (Fsp3) is 0.909. The summed E-state index contributed by atoms with van der Waals surface area (Å²) in [4.78, 5) is 11.1. The fourth-order valence-corrected chi connectivity index (χ4v) is 2.73. The molecule has 1 aliphatic heterocycles. The molecule has 1 saturated heterocycles. The molecule has 1 fully saturated rings. The maximum Gasteiger partial charge on any atom is 0.308 e. The highest BCUT2D eigenvalue weighted by Crippen LogP contribution is 2.38. The zero-order valence-corrected chi connectivity index (χ0v) is 11.4. The van der Waals surface area contributed by atoms with Gasteiger partial charge in [-0.2, -0.15) is 0 Å². The van der Waals surface area contributed by atoms with E-state index in [1.807, 2.05) is 0 Å². The number of hydrogen-bond acceptors (Lipinski definition) is 3. The average molecular weight is 230 g/mol. The third-order valence-electron chi connectivity index (χ3n) is 3.36. The minimum Gasteiger partial charge on any atom is -0.466 e. The maximum absolute atomic E-state index is 11.1. The number of hydrogen-bond donors (Lipinski definition) is 0. The monoisotopic (exact) mass is 230 g/mol. The van der Waals surface area contributed by atoms with Crippen molar-refractivity contribution in [1.29, 1.82) is 0 Å². The predicted octanol–water partition coefficient (Wildman–Crippen LogP) is 2.71. The second-order valence-electron chi connectivity index (χ2n) is 5.71. The largest absolute Gasteiger partial charge is 0.466 e. The third kappa shape index (κ3) is 3.31. The van der Waals surface area contributed by atoms with Crippen LogP contribution in [0, 0.1) is 0 Å². The number of ether oxygens (including phenoxy) is 1. The van der Waals surface area contributed by atoms with Gasteiger partial charge in [-0.05, 0) is 18.1 Å². The molecule has 0 bridgehead atoms. The molecule has 0 aromatic carbocycles. The summed E-state index contributed by atoms with van der Waals surface area (Å²) in [6.07, 6.45) is 1.34. The molecule has 1 heterocycles. The first kappa shape index (κ1) is 12.7. The molecule has 0 aliphatic carbocycles. The highest BCUT2D eigenvalue weighted by Gasteiger charge is 2.40.